The number of rotatable bonds is 2. The van der Waals surface area contributed by atoms with Crippen molar-refractivity contribution in [3.8, 4) is 16.9 Å². The van der Waals surface area contributed by atoms with Gasteiger partial charge in [0.25, 0.3) is 0 Å². The highest BCUT2D eigenvalue weighted by Gasteiger charge is 2.15. The zero-order valence-electron chi connectivity index (χ0n) is 10.6. The summed E-state index contributed by atoms with van der Waals surface area (Å²) in [5.41, 5.74) is 1.78. The maximum atomic E-state index is 11.5. The molecule has 3 rings (SSSR count). The number of carbonyl (C=O) groups is 1. The lowest BCUT2D eigenvalue weighted by Crippen LogP contribution is -2.00. The zero-order valence-corrected chi connectivity index (χ0v) is 10.6. The third kappa shape index (κ3) is 1.99. The predicted octanol–water partition coefficient (Wildman–Crippen LogP) is 3.91. The molecule has 20 heavy (non-hydrogen) atoms. The second-order valence-electron chi connectivity index (χ2n) is 4.56. The van der Waals surface area contributed by atoms with Crippen molar-refractivity contribution in [1.82, 2.24) is 0 Å². The minimum absolute atomic E-state index is 0.166. The zero-order chi connectivity index (χ0) is 14.1. The van der Waals surface area contributed by atoms with Crippen LogP contribution in [0.15, 0.2) is 60.7 Å². The molecule has 3 aromatic carbocycles. The molecular formula is C17H12O3. The van der Waals surface area contributed by atoms with Crippen LogP contribution >= 0.6 is 0 Å². The van der Waals surface area contributed by atoms with Gasteiger partial charge >= 0.3 is 5.97 Å². The molecule has 3 aromatic rings. The number of benzene rings is 3. The minimum atomic E-state index is -0.959. The predicted molar refractivity (Wildman–Crippen MR) is 78.0 cm³/mol. The van der Waals surface area contributed by atoms with Crippen LogP contribution in [-0.4, -0.2) is 16.2 Å². The molecule has 0 aromatic heterocycles. The lowest BCUT2D eigenvalue weighted by atomic mass is 9.93. The van der Waals surface area contributed by atoms with Crippen LogP contribution in [-0.2, 0) is 0 Å². The van der Waals surface area contributed by atoms with E-state index in [0.29, 0.717) is 5.56 Å². The van der Waals surface area contributed by atoms with Gasteiger partial charge in [-0.2, -0.15) is 0 Å². The van der Waals surface area contributed by atoms with Gasteiger partial charge < -0.3 is 10.2 Å². The smallest absolute Gasteiger partial charge is 0.336 e. The first-order valence-electron chi connectivity index (χ1n) is 6.21. The van der Waals surface area contributed by atoms with E-state index in [4.69, 9.17) is 0 Å². The van der Waals surface area contributed by atoms with Gasteiger partial charge in [-0.25, -0.2) is 4.79 Å². The molecular weight excluding hydrogens is 252 g/mol. The number of carboxylic acid groups (broad SMARTS) is 1. The number of carboxylic acids is 1. The SMILES string of the molecule is O=C(O)c1ccc2cc(O)ccc2c1-c1ccccc1. The van der Waals surface area contributed by atoms with Crippen molar-refractivity contribution >= 4 is 16.7 Å². The Balaban J connectivity index is 2.41. The minimum Gasteiger partial charge on any atom is -0.508 e. The number of fused-ring (bicyclic) bond motifs is 1. The van der Waals surface area contributed by atoms with Crippen LogP contribution in [0.1, 0.15) is 10.4 Å². The van der Waals surface area contributed by atoms with Crippen LogP contribution < -0.4 is 0 Å². The summed E-state index contributed by atoms with van der Waals surface area (Å²) in [6.45, 7) is 0. The van der Waals surface area contributed by atoms with Crippen molar-refractivity contribution in [2.45, 2.75) is 0 Å². The molecule has 0 heterocycles. The molecule has 3 nitrogen and oxygen atoms in total. The Morgan fingerprint density at radius 2 is 1.65 bits per heavy atom. The molecule has 0 aliphatic rings. The lowest BCUT2D eigenvalue weighted by Gasteiger charge is -2.11. The highest BCUT2D eigenvalue weighted by atomic mass is 16.4. The van der Waals surface area contributed by atoms with E-state index < -0.39 is 5.97 Å². The standard InChI is InChI=1S/C17H12O3/c18-13-7-9-14-12(10-13)6-8-15(17(19)20)16(14)11-4-2-1-3-5-11/h1-10,18H,(H,19,20). The molecule has 0 aliphatic carbocycles. The topological polar surface area (TPSA) is 57.5 Å². The largest absolute Gasteiger partial charge is 0.508 e. The molecule has 0 saturated carbocycles. The highest BCUT2D eigenvalue weighted by molar-refractivity contribution is 6.07. The molecule has 0 bridgehead atoms. The summed E-state index contributed by atoms with van der Waals surface area (Å²) in [4.78, 5) is 11.5. The fraction of sp³-hybridized carbons (Fsp3) is 0. The number of phenols is 1. The van der Waals surface area contributed by atoms with Gasteiger partial charge in [0, 0.05) is 5.56 Å². The first-order chi connectivity index (χ1) is 9.66. The molecule has 98 valence electrons. The second kappa shape index (κ2) is 4.70. The summed E-state index contributed by atoms with van der Waals surface area (Å²) in [7, 11) is 0. The third-order valence-corrected chi connectivity index (χ3v) is 3.30. The molecule has 3 heteroatoms. The molecule has 0 amide bonds. The van der Waals surface area contributed by atoms with Gasteiger partial charge in [-0.15, -0.1) is 0 Å². The van der Waals surface area contributed by atoms with E-state index in [1.165, 1.54) is 0 Å². The van der Waals surface area contributed by atoms with E-state index in [1.54, 1.807) is 30.3 Å². The highest BCUT2D eigenvalue weighted by Crippen LogP contribution is 2.33. The van der Waals surface area contributed by atoms with Gasteiger partial charge in [0.2, 0.25) is 0 Å². The van der Waals surface area contributed by atoms with E-state index in [9.17, 15) is 15.0 Å². The number of aromatic carboxylic acids is 1. The Labute approximate surface area is 115 Å². The van der Waals surface area contributed by atoms with Crippen molar-refractivity contribution in [2.75, 3.05) is 0 Å². The van der Waals surface area contributed by atoms with Crippen LogP contribution in [0.5, 0.6) is 5.75 Å². The summed E-state index contributed by atoms with van der Waals surface area (Å²) < 4.78 is 0. The Bertz CT molecular complexity index is 792. The van der Waals surface area contributed by atoms with Crippen LogP contribution in [0, 0.1) is 0 Å². The van der Waals surface area contributed by atoms with Gasteiger partial charge in [0.15, 0.2) is 0 Å². The molecule has 0 spiro atoms. The fourth-order valence-corrected chi connectivity index (χ4v) is 2.41. The van der Waals surface area contributed by atoms with Gasteiger partial charge in [0.1, 0.15) is 5.75 Å². The molecule has 2 N–H and O–H groups in total. The third-order valence-electron chi connectivity index (χ3n) is 3.30. The fourth-order valence-electron chi connectivity index (χ4n) is 2.41. The van der Waals surface area contributed by atoms with Crippen molar-refractivity contribution in [3.05, 3.63) is 66.2 Å². The van der Waals surface area contributed by atoms with E-state index in [2.05, 4.69) is 0 Å². The summed E-state index contributed by atoms with van der Waals surface area (Å²) in [5, 5.41) is 20.6. The van der Waals surface area contributed by atoms with Crippen molar-refractivity contribution in [3.63, 3.8) is 0 Å². The van der Waals surface area contributed by atoms with Crippen molar-refractivity contribution in [1.29, 1.82) is 0 Å². The van der Waals surface area contributed by atoms with Gasteiger partial charge in [-0.1, -0.05) is 42.5 Å². The Hall–Kier alpha value is -2.81. The summed E-state index contributed by atoms with van der Waals surface area (Å²) in [5.74, 6) is -0.793. The van der Waals surface area contributed by atoms with Gasteiger partial charge in [-0.3, -0.25) is 0 Å². The Morgan fingerprint density at radius 1 is 0.900 bits per heavy atom. The van der Waals surface area contributed by atoms with E-state index >= 15 is 0 Å². The number of hydrogen-bond acceptors (Lipinski definition) is 2. The van der Waals surface area contributed by atoms with Crippen LogP contribution in [0.4, 0.5) is 0 Å². The van der Waals surface area contributed by atoms with E-state index in [0.717, 1.165) is 16.3 Å². The Kier molecular flexibility index (Phi) is 2.88. The Morgan fingerprint density at radius 3 is 2.35 bits per heavy atom. The van der Waals surface area contributed by atoms with Crippen molar-refractivity contribution < 1.29 is 15.0 Å². The monoisotopic (exact) mass is 264 g/mol. The summed E-state index contributed by atoms with van der Waals surface area (Å²) in [6.07, 6.45) is 0. The molecule has 0 saturated heterocycles. The maximum Gasteiger partial charge on any atom is 0.336 e. The lowest BCUT2D eigenvalue weighted by molar-refractivity contribution is 0.0698. The second-order valence-corrected chi connectivity index (χ2v) is 4.56. The average molecular weight is 264 g/mol. The van der Waals surface area contributed by atoms with E-state index in [1.807, 2.05) is 30.3 Å². The van der Waals surface area contributed by atoms with E-state index in [-0.39, 0.29) is 11.3 Å². The van der Waals surface area contributed by atoms with Gasteiger partial charge in [0.05, 0.1) is 5.56 Å². The molecule has 0 unspecified atom stereocenters. The van der Waals surface area contributed by atoms with Gasteiger partial charge in [-0.05, 0) is 34.5 Å². The molecule has 0 fully saturated rings. The number of phenolic OH excluding ortho intramolecular Hbond substituents is 1. The number of hydrogen-bond donors (Lipinski definition) is 2. The first-order valence-corrected chi connectivity index (χ1v) is 6.21. The maximum absolute atomic E-state index is 11.5. The summed E-state index contributed by atoms with van der Waals surface area (Å²) >= 11 is 0. The van der Waals surface area contributed by atoms with Crippen LogP contribution in [0.2, 0.25) is 0 Å². The average Bonchev–Trinajstić information content (AvgIpc) is 2.46. The first kappa shape index (κ1) is 12.2. The molecule has 0 radical (unpaired) electrons. The van der Waals surface area contributed by atoms with Crippen LogP contribution in [0.25, 0.3) is 21.9 Å². The molecule has 0 aliphatic heterocycles. The number of aromatic hydroxyl groups is 1. The van der Waals surface area contributed by atoms with Crippen molar-refractivity contribution in [2.24, 2.45) is 0 Å². The quantitative estimate of drug-likeness (QED) is 0.737. The van der Waals surface area contributed by atoms with Crippen LogP contribution in [0.3, 0.4) is 0 Å². The molecule has 0 atom stereocenters. The normalized spacial score (nSPS) is 10.6. The summed E-state index contributed by atoms with van der Waals surface area (Å²) in [6, 6.07) is 17.6.